The minimum atomic E-state index is -0.359. The first-order chi connectivity index (χ1) is 8.24. The van der Waals surface area contributed by atoms with E-state index in [1.807, 2.05) is 30.3 Å². The van der Waals surface area contributed by atoms with Crippen LogP contribution in [0, 0.1) is 10.1 Å². The van der Waals surface area contributed by atoms with Crippen LogP contribution in [0.5, 0.6) is 11.5 Å². The third-order valence-corrected chi connectivity index (χ3v) is 2.19. The molecule has 0 heterocycles. The molecular weight excluding hydrogens is 218 g/mol. The number of benzene rings is 2. The zero-order valence-electron chi connectivity index (χ0n) is 9.08. The SMILES string of the molecule is O=[N+]([O-])Cc1cccc(Oc2ccccc2)c1. The Morgan fingerprint density at radius 1 is 1.00 bits per heavy atom. The number of para-hydroxylation sites is 1. The topological polar surface area (TPSA) is 52.4 Å². The summed E-state index contributed by atoms with van der Waals surface area (Å²) >= 11 is 0. The van der Waals surface area contributed by atoms with E-state index in [-0.39, 0.29) is 11.5 Å². The van der Waals surface area contributed by atoms with Crippen LogP contribution in [0.1, 0.15) is 5.56 Å². The van der Waals surface area contributed by atoms with Gasteiger partial charge < -0.3 is 4.74 Å². The average molecular weight is 229 g/mol. The van der Waals surface area contributed by atoms with Gasteiger partial charge in [0.25, 0.3) is 0 Å². The fraction of sp³-hybridized carbons (Fsp3) is 0.0769. The standard InChI is InChI=1S/C13H11NO3/c15-14(16)10-11-5-4-8-13(9-11)17-12-6-2-1-3-7-12/h1-9H,10H2. The van der Waals surface area contributed by atoms with Crippen molar-refractivity contribution in [3.8, 4) is 11.5 Å². The van der Waals surface area contributed by atoms with Crippen LogP contribution >= 0.6 is 0 Å². The number of nitrogens with zero attached hydrogens (tertiary/aromatic N) is 1. The molecule has 2 aromatic rings. The third kappa shape index (κ3) is 3.31. The molecule has 0 radical (unpaired) electrons. The van der Waals surface area contributed by atoms with Gasteiger partial charge in [-0.3, -0.25) is 10.1 Å². The van der Waals surface area contributed by atoms with E-state index >= 15 is 0 Å². The normalized spacial score (nSPS) is 9.88. The quantitative estimate of drug-likeness (QED) is 0.597. The summed E-state index contributed by atoms with van der Waals surface area (Å²) in [5.74, 6) is 1.32. The fourth-order valence-electron chi connectivity index (χ4n) is 1.48. The molecule has 0 unspecified atom stereocenters. The summed E-state index contributed by atoms with van der Waals surface area (Å²) in [5.41, 5.74) is 0.628. The molecule has 2 rings (SSSR count). The van der Waals surface area contributed by atoms with Crippen molar-refractivity contribution in [2.75, 3.05) is 0 Å². The van der Waals surface area contributed by atoms with E-state index in [1.54, 1.807) is 24.3 Å². The van der Waals surface area contributed by atoms with E-state index in [1.165, 1.54) is 0 Å². The summed E-state index contributed by atoms with van der Waals surface area (Å²) in [5, 5.41) is 10.4. The van der Waals surface area contributed by atoms with Crippen molar-refractivity contribution in [2.24, 2.45) is 0 Å². The van der Waals surface area contributed by atoms with Gasteiger partial charge in [0.05, 0.1) is 0 Å². The maximum atomic E-state index is 10.4. The molecule has 0 aromatic heterocycles. The largest absolute Gasteiger partial charge is 0.457 e. The van der Waals surface area contributed by atoms with Crippen molar-refractivity contribution < 1.29 is 9.66 Å². The first kappa shape index (κ1) is 11.1. The summed E-state index contributed by atoms with van der Waals surface area (Å²) in [4.78, 5) is 10.0. The van der Waals surface area contributed by atoms with Crippen molar-refractivity contribution in [1.29, 1.82) is 0 Å². The molecule has 0 fully saturated rings. The van der Waals surface area contributed by atoms with Gasteiger partial charge >= 0.3 is 0 Å². The van der Waals surface area contributed by atoms with Crippen molar-refractivity contribution >= 4 is 0 Å². The van der Waals surface area contributed by atoms with Crippen molar-refractivity contribution in [2.45, 2.75) is 6.54 Å². The maximum absolute atomic E-state index is 10.4. The van der Waals surface area contributed by atoms with Crippen LogP contribution in [-0.2, 0) is 6.54 Å². The van der Waals surface area contributed by atoms with Gasteiger partial charge in [0.2, 0.25) is 6.54 Å². The van der Waals surface area contributed by atoms with Gasteiger partial charge in [0, 0.05) is 10.5 Å². The van der Waals surface area contributed by atoms with Crippen molar-refractivity contribution in [3.05, 3.63) is 70.3 Å². The predicted molar refractivity (Wildman–Crippen MR) is 63.7 cm³/mol. The van der Waals surface area contributed by atoms with Gasteiger partial charge in [-0.1, -0.05) is 30.3 Å². The Labute approximate surface area is 98.6 Å². The number of nitro groups is 1. The Bertz CT molecular complexity index is 511. The van der Waals surface area contributed by atoms with Crippen molar-refractivity contribution in [3.63, 3.8) is 0 Å². The molecule has 0 spiro atoms. The summed E-state index contributed by atoms with van der Waals surface area (Å²) in [7, 11) is 0. The van der Waals surface area contributed by atoms with Crippen LogP contribution in [-0.4, -0.2) is 4.92 Å². The van der Waals surface area contributed by atoms with E-state index in [9.17, 15) is 10.1 Å². The Kier molecular flexibility index (Phi) is 3.35. The molecule has 4 nitrogen and oxygen atoms in total. The molecule has 0 aliphatic heterocycles. The molecule has 0 saturated heterocycles. The lowest BCUT2D eigenvalue weighted by molar-refractivity contribution is -0.496. The average Bonchev–Trinajstić information content (AvgIpc) is 2.30. The molecule has 2 aromatic carbocycles. The Hall–Kier alpha value is -2.36. The second kappa shape index (κ2) is 5.12. The summed E-state index contributed by atoms with van der Waals surface area (Å²) in [6.45, 7) is -0.189. The molecule has 17 heavy (non-hydrogen) atoms. The number of ether oxygens (including phenoxy) is 1. The van der Waals surface area contributed by atoms with Gasteiger partial charge in [-0.15, -0.1) is 0 Å². The highest BCUT2D eigenvalue weighted by atomic mass is 16.6. The second-order valence-electron chi connectivity index (χ2n) is 3.55. The monoisotopic (exact) mass is 229 g/mol. The lowest BCUT2D eigenvalue weighted by atomic mass is 10.2. The van der Waals surface area contributed by atoms with Crippen LogP contribution < -0.4 is 4.74 Å². The number of rotatable bonds is 4. The van der Waals surface area contributed by atoms with Crippen LogP contribution in [0.3, 0.4) is 0 Å². The first-order valence-corrected chi connectivity index (χ1v) is 5.18. The van der Waals surface area contributed by atoms with Crippen LogP contribution in [0.2, 0.25) is 0 Å². The summed E-state index contributed by atoms with van der Waals surface area (Å²) in [6.07, 6.45) is 0. The smallest absolute Gasteiger partial charge is 0.229 e. The Morgan fingerprint density at radius 2 is 1.71 bits per heavy atom. The zero-order valence-corrected chi connectivity index (χ0v) is 9.08. The van der Waals surface area contributed by atoms with Crippen LogP contribution in [0.25, 0.3) is 0 Å². The van der Waals surface area contributed by atoms with Gasteiger partial charge in [-0.2, -0.15) is 0 Å². The predicted octanol–water partition coefficient (Wildman–Crippen LogP) is 3.26. The molecule has 0 bridgehead atoms. The molecule has 86 valence electrons. The van der Waals surface area contributed by atoms with Gasteiger partial charge in [0.1, 0.15) is 11.5 Å². The zero-order chi connectivity index (χ0) is 12.1. The Balaban J connectivity index is 2.14. The highest BCUT2D eigenvalue weighted by Gasteiger charge is 2.03. The molecule has 0 saturated carbocycles. The van der Waals surface area contributed by atoms with E-state index in [0.29, 0.717) is 17.1 Å². The molecule has 0 aliphatic carbocycles. The lowest BCUT2D eigenvalue weighted by Gasteiger charge is -2.05. The van der Waals surface area contributed by atoms with E-state index < -0.39 is 0 Å². The molecule has 0 amide bonds. The molecule has 0 aliphatic rings. The molecular formula is C13H11NO3. The minimum absolute atomic E-state index is 0.189. The minimum Gasteiger partial charge on any atom is -0.457 e. The number of hydrogen-bond acceptors (Lipinski definition) is 3. The van der Waals surface area contributed by atoms with Crippen LogP contribution in [0.4, 0.5) is 0 Å². The molecule has 4 heteroatoms. The van der Waals surface area contributed by atoms with Crippen LogP contribution in [0.15, 0.2) is 54.6 Å². The summed E-state index contributed by atoms with van der Waals surface area (Å²) in [6, 6.07) is 16.2. The van der Waals surface area contributed by atoms with E-state index in [0.717, 1.165) is 0 Å². The first-order valence-electron chi connectivity index (χ1n) is 5.18. The van der Waals surface area contributed by atoms with E-state index in [2.05, 4.69) is 0 Å². The maximum Gasteiger partial charge on any atom is 0.229 e. The van der Waals surface area contributed by atoms with Gasteiger partial charge in [-0.25, -0.2) is 0 Å². The summed E-state index contributed by atoms with van der Waals surface area (Å²) < 4.78 is 5.58. The molecule has 0 N–H and O–H groups in total. The highest BCUT2D eigenvalue weighted by molar-refractivity contribution is 5.33. The van der Waals surface area contributed by atoms with E-state index in [4.69, 9.17) is 4.74 Å². The van der Waals surface area contributed by atoms with Gasteiger partial charge in [-0.05, 0) is 24.3 Å². The fourth-order valence-corrected chi connectivity index (χ4v) is 1.48. The molecule has 0 atom stereocenters. The van der Waals surface area contributed by atoms with Crippen molar-refractivity contribution in [1.82, 2.24) is 0 Å². The highest BCUT2D eigenvalue weighted by Crippen LogP contribution is 2.21. The van der Waals surface area contributed by atoms with Gasteiger partial charge in [0.15, 0.2) is 0 Å². The Morgan fingerprint density at radius 3 is 2.41 bits per heavy atom. The number of hydrogen-bond donors (Lipinski definition) is 0. The third-order valence-electron chi connectivity index (χ3n) is 2.19. The second-order valence-corrected chi connectivity index (χ2v) is 3.55. The lowest BCUT2D eigenvalue weighted by Crippen LogP contribution is -1.98.